The van der Waals surface area contributed by atoms with Gasteiger partial charge in [0.2, 0.25) is 5.82 Å². The molecule has 1 aliphatic rings. The Morgan fingerprint density at radius 1 is 1.11 bits per heavy atom. The van der Waals surface area contributed by atoms with E-state index in [-0.39, 0.29) is 11.9 Å². The summed E-state index contributed by atoms with van der Waals surface area (Å²) in [5.41, 5.74) is 1.03. The first kappa shape index (κ1) is 20.9. The quantitative estimate of drug-likeness (QED) is 0.608. The molecule has 0 aliphatic carbocycles. The van der Waals surface area contributed by atoms with Crippen LogP contribution < -0.4 is 9.80 Å². The molecule has 1 fully saturated rings. The predicted octanol–water partition coefficient (Wildman–Crippen LogP) is -1.09. The number of aromatic nitrogens is 4. The first-order chi connectivity index (χ1) is 13.3. The zero-order chi connectivity index (χ0) is 20.3. The molecule has 2 N–H and O–H groups in total. The van der Waals surface area contributed by atoms with Crippen LogP contribution in [-0.2, 0) is 15.7 Å². The smallest absolute Gasteiger partial charge is 0.210 e. The Kier molecular flexibility index (Phi) is 6.47. The Hall–Kier alpha value is -1.84. The van der Waals surface area contributed by atoms with Gasteiger partial charge in [-0.3, -0.25) is 0 Å². The molecule has 154 valence electrons. The van der Waals surface area contributed by atoms with Crippen LogP contribution in [0.1, 0.15) is 37.7 Å². The molecule has 0 unspecified atom stereocenters. The summed E-state index contributed by atoms with van der Waals surface area (Å²) in [6, 6.07) is 7.03. The van der Waals surface area contributed by atoms with E-state index in [1.54, 1.807) is 12.1 Å². The topological polar surface area (TPSA) is 86.6 Å². The molecule has 1 saturated heterocycles. The molecule has 2 heterocycles. The molecule has 1 aromatic heterocycles. The van der Waals surface area contributed by atoms with Gasteiger partial charge in [-0.1, -0.05) is 31.5 Å². The first-order valence-corrected chi connectivity index (χ1v) is 11.6. The summed E-state index contributed by atoms with van der Waals surface area (Å²) in [4.78, 5) is 3.28. The van der Waals surface area contributed by atoms with Gasteiger partial charge in [0, 0.05) is 6.42 Å². The molecule has 1 aromatic carbocycles. The van der Waals surface area contributed by atoms with Crippen LogP contribution in [0.15, 0.2) is 29.2 Å². The van der Waals surface area contributed by atoms with Gasteiger partial charge in [-0.15, -0.1) is 5.10 Å². The van der Waals surface area contributed by atoms with Gasteiger partial charge in [-0.05, 0) is 35.4 Å². The number of aryl methyl sites for hydroxylation is 1. The van der Waals surface area contributed by atoms with E-state index in [0.717, 1.165) is 38.2 Å². The van der Waals surface area contributed by atoms with Gasteiger partial charge in [0.15, 0.2) is 21.8 Å². The number of likely N-dealkylation sites (N-methyl/N-ethyl adjacent to an activating group) is 1. The number of benzene rings is 1. The highest BCUT2D eigenvalue weighted by atomic mass is 32.2. The Bertz CT molecular complexity index is 870. The number of nitrogens with zero attached hydrogens (tertiary/aromatic N) is 4. The number of tetrazole rings is 1. The minimum Gasteiger partial charge on any atom is -0.328 e. The third kappa shape index (κ3) is 4.95. The number of nitrogens with one attached hydrogen (secondary N) is 2. The third-order valence-corrected chi connectivity index (χ3v) is 7.06. The van der Waals surface area contributed by atoms with Gasteiger partial charge in [0.05, 0.1) is 11.9 Å². The molecule has 0 bridgehead atoms. The number of quaternary nitrogens is 2. The minimum atomic E-state index is -3.52. The highest BCUT2D eigenvalue weighted by Crippen LogP contribution is 2.19. The lowest BCUT2D eigenvalue weighted by Crippen LogP contribution is -3.27. The molecule has 0 saturated carbocycles. The fraction of sp³-hybridized carbons (Fsp3) is 0.632. The summed E-state index contributed by atoms with van der Waals surface area (Å²) < 4.78 is 27.3. The maximum absolute atomic E-state index is 12.9. The van der Waals surface area contributed by atoms with Crippen molar-refractivity contribution in [2.24, 2.45) is 5.92 Å². The van der Waals surface area contributed by atoms with E-state index in [4.69, 9.17) is 0 Å². The maximum Gasteiger partial charge on any atom is 0.210 e. The van der Waals surface area contributed by atoms with Crippen LogP contribution in [0.25, 0.3) is 0 Å². The Balaban J connectivity index is 1.86. The van der Waals surface area contributed by atoms with E-state index >= 15 is 0 Å². The molecule has 28 heavy (non-hydrogen) atoms. The van der Waals surface area contributed by atoms with Gasteiger partial charge in [0.1, 0.15) is 26.2 Å². The van der Waals surface area contributed by atoms with Gasteiger partial charge in [-0.25, -0.2) is 13.1 Å². The molecule has 9 heteroatoms. The lowest BCUT2D eigenvalue weighted by Gasteiger charge is -2.33. The molecule has 1 atom stereocenters. The lowest BCUT2D eigenvalue weighted by atomic mass is 10.0. The highest BCUT2D eigenvalue weighted by molar-refractivity contribution is 7.90. The van der Waals surface area contributed by atoms with Crippen molar-refractivity contribution >= 4 is 9.84 Å². The molecule has 3 rings (SSSR count). The number of piperazine rings is 1. The summed E-state index contributed by atoms with van der Waals surface area (Å²) in [7, 11) is -1.30. The van der Waals surface area contributed by atoms with Crippen molar-refractivity contribution in [1.82, 2.24) is 20.2 Å². The Morgan fingerprint density at radius 2 is 1.75 bits per heavy atom. The van der Waals surface area contributed by atoms with Crippen LogP contribution in [0, 0.1) is 12.8 Å². The van der Waals surface area contributed by atoms with Crippen molar-refractivity contribution in [2.75, 3.05) is 33.2 Å². The Labute approximate surface area is 167 Å². The second-order valence-corrected chi connectivity index (χ2v) is 10.4. The molecule has 2 aromatic rings. The van der Waals surface area contributed by atoms with Crippen LogP contribution in [0.3, 0.4) is 0 Å². The molecule has 0 radical (unpaired) electrons. The largest absolute Gasteiger partial charge is 0.328 e. The molecular weight excluding hydrogens is 376 g/mol. The number of hydrogen-bond donors (Lipinski definition) is 2. The van der Waals surface area contributed by atoms with Crippen molar-refractivity contribution in [3.63, 3.8) is 0 Å². The van der Waals surface area contributed by atoms with Crippen molar-refractivity contribution in [3.05, 3.63) is 35.7 Å². The standard InChI is InChI=1S/C19H30N6O2S/c1-15(2)13-18(24-11-9-23(4)10-12-24)19-20-21-22-25(19)14-28(26,27)17-7-5-16(3)6-8-17/h5-8,15,18H,9-14H2,1-4H3/p+2/t18-/m1/s1. The normalized spacial score (nSPS) is 21.8. The fourth-order valence-electron chi connectivity index (χ4n) is 3.81. The van der Waals surface area contributed by atoms with Crippen molar-refractivity contribution in [3.8, 4) is 0 Å². The van der Waals surface area contributed by atoms with E-state index < -0.39 is 9.84 Å². The van der Waals surface area contributed by atoms with Crippen LogP contribution in [0.5, 0.6) is 0 Å². The minimum absolute atomic E-state index is 0.108. The van der Waals surface area contributed by atoms with Crippen molar-refractivity contribution < 1.29 is 18.2 Å². The van der Waals surface area contributed by atoms with Crippen LogP contribution >= 0.6 is 0 Å². The molecule has 1 aliphatic heterocycles. The zero-order valence-corrected chi connectivity index (χ0v) is 18.0. The second-order valence-electron chi connectivity index (χ2n) is 8.39. The van der Waals surface area contributed by atoms with Gasteiger partial charge in [-0.2, -0.15) is 0 Å². The monoisotopic (exact) mass is 408 g/mol. The zero-order valence-electron chi connectivity index (χ0n) is 17.2. The Morgan fingerprint density at radius 3 is 2.36 bits per heavy atom. The van der Waals surface area contributed by atoms with E-state index in [1.165, 1.54) is 14.5 Å². The molecule has 0 spiro atoms. The number of rotatable bonds is 7. The van der Waals surface area contributed by atoms with Crippen molar-refractivity contribution in [2.45, 2.75) is 44.0 Å². The van der Waals surface area contributed by atoms with Gasteiger partial charge in [0.25, 0.3) is 0 Å². The summed E-state index contributed by atoms with van der Waals surface area (Å²) in [6.45, 7) is 10.6. The van der Waals surface area contributed by atoms with Crippen LogP contribution in [-0.4, -0.2) is 61.9 Å². The average Bonchev–Trinajstić information content (AvgIpc) is 3.08. The molecular formula is C19H32N6O2S+2. The lowest BCUT2D eigenvalue weighted by molar-refractivity contribution is -1.02. The van der Waals surface area contributed by atoms with Crippen molar-refractivity contribution in [1.29, 1.82) is 0 Å². The fourth-order valence-corrected chi connectivity index (χ4v) is 5.01. The highest BCUT2D eigenvalue weighted by Gasteiger charge is 2.34. The van der Waals surface area contributed by atoms with Crippen LogP contribution in [0.2, 0.25) is 0 Å². The van der Waals surface area contributed by atoms with E-state index in [0.29, 0.717) is 16.6 Å². The summed E-state index contributed by atoms with van der Waals surface area (Å²) in [5, 5.41) is 12.1. The number of hydrogen-bond acceptors (Lipinski definition) is 5. The van der Waals surface area contributed by atoms with Gasteiger partial charge < -0.3 is 9.80 Å². The first-order valence-electron chi connectivity index (χ1n) is 9.97. The summed E-state index contributed by atoms with van der Waals surface area (Å²) in [5.74, 6) is 0.924. The third-order valence-electron chi connectivity index (χ3n) is 5.49. The predicted molar refractivity (Wildman–Crippen MR) is 106 cm³/mol. The van der Waals surface area contributed by atoms with E-state index in [1.807, 2.05) is 19.1 Å². The van der Waals surface area contributed by atoms with Crippen LogP contribution in [0.4, 0.5) is 0 Å². The SMILES string of the molecule is Cc1ccc(S(=O)(=O)Cn2nnnc2[C@@H](CC(C)C)[NH+]2CC[NH+](C)CC2)cc1. The molecule has 0 amide bonds. The second kappa shape index (κ2) is 8.67. The number of sulfone groups is 1. The summed E-state index contributed by atoms with van der Waals surface area (Å²) in [6.07, 6.45) is 0.930. The molecule has 8 nitrogen and oxygen atoms in total. The van der Waals surface area contributed by atoms with Gasteiger partial charge >= 0.3 is 0 Å². The van der Waals surface area contributed by atoms with E-state index in [2.05, 4.69) is 36.4 Å². The maximum atomic E-state index is 12.9. The summed E-state index contributed by atoms with van der Waals surface area (Å²) >= 11 is 0. The van der Waals surface area contributed by atoms with E-state index in [9.17, 15) is 8.42 Å². The average molecular weight is 409 g/mol.